The third kappa shape index (κ3) is 25.2. The number of nitrogens with one attached hydrogen (secondary N) is 7. The fourth-order valence-corrected chi connectivity index (χ4v) is 14.8. The van der Waals surface area contributed by atoms with Crippen LogP contribution in [0.2, 0.25) is 0 Å². The summed E-state index contributed by atoms with van der Waals surface area (Å²) in [4.78, 5) is 188. The zero-order chi connectivity index (χ0) is 82.9. The number of primary amides is 1. The highest BCUT2D eigenvalue weighted by molar-refractivity contribution is 7.99. The molecular formula is C75H98N11O24PS2. The molecule has 0 bridgehead atoms. The van der Waals surface area contributed by atoms with E-state index in [-0.39, 0.29) is 55.8 Å². The second-order valence-corrected chi connectivity index (χ2v) is 28.6. The lowest BCUT2D eigenvalue weighted by molar-refractivity contribution is -0.219. The number of esters is 4. The number of aliphatic carboxylic acids is 1. The number of hydrogen-bond acceptors (Lipinski definition) is 26. The van der Waals surface area contributed by atoms with Gasteiger partial charge in [0.25, 0.3) is 0 Å². The average Bonchev–Trinajstić information content (AvgIpc) is 1.61. The van der Waals surface area contributed by atoms with Crippen molar-refractivity contribution < 1.29 is 115 Å². The second-order valence-electron chi connectivity index (χ2n) is 27.6. The van der Waals surface area contributed by atoms with Crippen LogP contribution in [0.1, 0.15) is 109 Å². The molecule has 0 spiro atoms. The number of carboxylic acids is 1. The Morgan fingerprint density at radius 2 is 1.47 bits per heavy atom. The monoisotopic (exact) mass is 1630 g/mol. The van der Waals surface area contributed by atoms with Crippen molar-refractivity contribution in [1.82, 2.24) is 46.7 Å². The number of β-amino-alcohol motifs (C(OH)–C–C–N with tert-alkyl or cyclic N) is 1. The molecule has 113 heavy (non-hydrogen) atoms. The number of carbonyl (C=O) groups is 14. The maximum absolute atomic E-state index is 14.4. The lowest BCUT2D eigenvalue weighted by Crippen LogP contribution is -2.60. The number of amides is 9. The number of fused-ring (bicyclic) bond motifs is 6. The Labute approximate surface area is 663 Å². The van der Waals surface area contributed by atoms with Crippen LogP contribution in [0.5, 0.6) is 5.75 Å². The molecule has 3 aromatic carbocycles. The van der Waals surface area contributed by atoms with E-state index in [4.69, 9.17) is 49.4 Å². The number of likely N-dealkylation sites (tertiary alicyclic amines) is 2. The molecule has 614 valence electrons. The largest absolute Gasteiger partial charge is 0.480 e. The summed E-state index contributed by atoms with van der Waals surface area (Å²) < 4.78 is 43.9. The molecule has 35 nitrogen and oxygen atoms in total. The van der Waals surface area contributed by atoms with Crippen LogP contribution in [0, 0.1) is 11.8 Å². The van der Waals surface area contributed by atoms with E-state index in [1.165, 1.54) is 37.0 Å². The maximum Gasteiger partial charge on any atom is 0.410 e. The Hall–Kier alpha value is -10.0. The van der Waals surface area contributed by atoms with Crippen molar-refractivity contribution in [3.05, 3.63) is 96.1 Å². The molecule has 5 heterocycles. The predicted octanol–water partition coefficient (Wildman–Crippen LogP) is 1.60. The fourth-order valence-electron chi connectivity index (χ4n) is 13.7. The molecule has 5 aliphatic rings. The molecule has 0 radical (unpaired) electrons. The standard InChI is InChI=1S/C45H62N10O17S.C30H35NO7.HPS/c1-7-19(2)37-42(66)49-14-35(61)50-31(18-73-43-27(12-28(46)39(63)48-15-36(62)53-37)26-9-8-25(71-22(5)57)11-29(26)52-43)40(64)51-30(13-34(47)60)44(67)55-16-24(59)10-32(55)41(65)54-38(45(68)69)20(3)33(72-23(6)58)17-70-21(4)56;1-3-15-35-29(32)27-16-21(38-28-14-8-9-20(37-28)18-34-2)17-31(27)30(33)36-19-26-24-12-6-4-10-22(24)23-11-5-7-13-25(23)26;1-2/h8-9,11,19-20,24,28,30-33,37-38,52,59H,7,10,12-18,46H2,1-6H3,(H2,47,60)(H,48,63)(H,49,66)(H,50,61)(H,51,64)(H,53,62)(H,54,65)(H,68,69);3-7,10-13,20-21,26-28H,1,8-9,14-19H2,2H3;1H/t19-,20?,24?,28?,30?,31?,32-,33-,37-,38-;20?,21?,27-,28?;/m00./s1. The van der Waals surface area contributed by atoms with Crippen LogP contribution < -0.4 is 48.1 Å². The van der Waals surface area contributed by atoms with Gasteiger partial charge in [-0.15, -0.1) is 11.8 Å². The third-order valence-electron chi connectivity index (χ3n) is 19.3. The predicted molar refractivity (Wildman–Crippen MR) is 410 cm³/mol. The van der Waals surface area contributed by atoms with E-state index in [0.717, 1.165) is 72.0 Å². The van der Waals surface area contributed by atoms with Gasteiger partial charge in [0.2, 0.25) is 47.3 Å². The number of aromatic nitrogens is 1. The van der Waals surface area contributed by atoms with Gasteiger partial charge in [-0.2, -0.15) is 0 Å². The summed E-state index contributed by atoms with van der Waals surface area (Å²) in [6, 6.07) is 10.8. The van der Waals surface area contributed by atoms with Crippen molar-refractivity contribution in [2.75, 3.05) is 65.5 Å². The van der Waals surface area contributed by atoms with Gasteiger partial charge in [-0.05, 0) is 79.6 Å². The van der Waals surface area contributed by atoms with Gasteiger partial charge in [0.15, 0.2) is 6.29 Å². The van der Waals surface area contributed by atoms with E-state index in [1.807, 2.05) is 24.3 Å². The SMILES string of the molecule is C=CCOC(=O)[C@@H]1CC(OC2CCCC(COC)O2)CN1C(=O)OCC1c2ccccc2-c2ccccc21.CC[C@H](C)[C@@H]1NC(=O)CNC(=O)C(N)Cc2c([nH]c3cc(OC(C)=O)ccc23)SCC(C(=O)NC(CC(N)=O)C(=O)N2CC(O)C[C@H]2C(=O)N[C@H](C(=O)O)C(C)[C@H](COC(C)=O)OC(C)=O)NC(=O)CNC1=O.P=S. The van der Waals surface area contributed by atoms with Crippen LogP contribution in [-0.2, 0) is 114 Å². The highest BCUT2D eigenvalue weighted by atomic mass is 32.4. The highest BCUT2D eigenvalue weighted by Crippen LogP contribution is 2.45. The summed E-state index contributed by atoms with van der Waals surface area (Å²) in [7, 11) is 4.20. The number of hydrogen-bond donors (Lipinski definition) is 11. The quantitative estimate of drug-likeness (QED) is 0.0148. The number of thioether (sulfide) groups is 1. The summed E-state index contributed by atoms with van der Waals surface area (Å²) in [5.74, 6) is -14.0. The first-order chi connectivity index (χ1) is 53.9. The number of carboxylic acid groups (broad SMARTS) is 1. The van der Waals surface area contributed by atoms with Gasteiger partial charge in [-0.3, -0.25) is 57.6 Å². The molecule has 3 saturated heterocycles. The number of rotatable bonds is 25. The van der Waals surface area contributed by atoms with Crippen molar-refractivity contribution in [3.63, 3.8) is 0 Å². The molecular weight excluding hydrogens is 1530 g/mol. The molecule has 4 aromatic rings. The average molecular weight is 1630 g/mol. The summed E-state index contributed by atoms with van der Waals surface area (Å²) in [6.07, 6.45) is -0.719. The molecule has 13 N–H and O–H groups in total. The van der Waals surface area contributed by atoms with Crippen molar-refractivity contribution in [3.8, 4) is 16.9 Å². The van der Waals surface area contributed by atoms with Crippen molar-refractivity contribution >= 4 is 126 Å². The van der Waals surface area contributed by atoms with E-state index in [2.05, 4.69) is 87.6 Å². The van der Waals surface area contributed by atoms with Crippen molar-refractivity contribution in [2.24, 2.45) is 23.3 Å². The summed E-state index contributed by atoms with van der Waals surface area (Å²) in [6.45, 7) is 10.2. The number of aromatic amines is 1. The molecule has 14 atom stereocenters. The number of H-pyrrole nitrogens is 1. The van der Waals surface area contributed by atoms with Gasteiger partial charge in [0, 0.05) is 76.3 Å². The number of carbonyl (C=O) groups excluding carboxylic acids is 13. The highest BCUT2D eigenvalue weighted by Gasteiger charge is 2.47. The second kappa shape index (κ2) is 43.3. The Balaban J connectivity index is 0.000000367. The van der Waals surface area contributed by atoms with E-state index in [1.54, 1.807) is 27.0 Å². The Morgan fingerprint density at radius 1 is 0.805 bits per heavy atom. The molecule has 1 aliphatic carbocycles. The van der Waals surface area contributed by atoms with Gasteiger partial charge in [0.1, 0.15) is 67.9 Å². The zero-order valence-electron chi connectivity index (χ0n) is 63.6. The van der Waals surface area contributed by atoms with Crippen LogP contribution in [0.3, 0.4) is 0 Å². The summed E-state index contributed by atoms with van der Waals surface area (Å²) >= 11 is 4.82. The van der Waals surface area contributed by atoms with Crippen LogP contribution in [-0.4, -0.2) is 247 Å². The fraction of sp³-hybridized carbons (Fsp3) is 0.520. The minimum Gasteiger partial charge on any atom is -0.480 e. The summed E-state index contributed by atoms with van der Waals surface area (Å²) in [5.41, 5.74) is 17.3. The third-order valence-corrected chi connectivity index (χ3v) is 20.5. The molecule has 3 fully saturated rings. The van der Waals surface area contributed by atoms with Crippen LogP contribution >= 0.6 is 19.8 Å². The van der Waals surface area contributed by atoms with Crippen LogP contribution in [0.25, 0.3) is 22.0 Å². The molecule has 9 amide bonds. The van der Waals surface area contributed by atoms with Gasteiger partial charge in [0.05, 0.1) is 67.6 Å². The first-order valence-corrected chi connectivity index (χ1v) is 39.2. The number of aliphatic hydroxyl groups is 1. The van der Waals surface area contributed by atoms with Crippen LogP contribution in [0.15, 0.2) is 84.4 Å². The molecule has 4 aliphatic heterocycles. The summed E-state index contributed by atoms with van der Waals surface area (Å²) in [5, 5.41) is 36.3. The van der Waals surface area contributed by atoms with Gasteiger partial charge < -0.3 is 101 Å². The van der Waals surface area contributed by atoms with E-state index in [0.29, 0.717) is 40.9 Å². The first-order valence-electron chi connectivity index (χ1n) is 36.5. The number of ether oxygens (including phenoxy) is 8. The molecule has 38 heteroatoms. The van der Waals surface area contributed by atoms with E-state index in [9.17, 15) is 77.3 Å². The smallest absolute Gasteiger partial charge is 0.410 e. The number of aliphatic hydroxyl groups excluding tert-OH is 1. The van der Waals surface area contributed by atoms with E-state index < -0.39 is 195 Å². The minimum absolute atomic E-state index is 0.0215. The Morgan fingerprint density at radius 3 is 2.09 bits per heavy atom. The van der Waals surface area contributed by atoms with Crippen molar-refractivity contribution in [2.45, 2.75) is 177 Å². The number of nitrogens with zero attached hydrogens (tertiary/aromatic N) is 2. The first kappa shape index (κ1) is 90.2. The van der Waals surface area contributed by atoms with Gasteiger partial charge in [-0.1, -0.05) is 100 Å². The zero-order valence-corrected chi connectivity index (χ0v) is 66.2. The van der Waals surface area contributed by atoms with Gasteiger partial charge >= 0.3 is 35.9 Å². The normalized spacial score (nSPS) is 22.6. The van der Waals surface area contributed by atoms with Crippen LogP contribution in [0.4, 0.5) is 4.79 Å². The number of methoxy groups -OCH3 is 1. The Kier molecular flexibility index (Phi) is 34.6. The maximum atomic E-state index is 14.4. The molecule has 9 rings (SSSR count). The minimum atomic E-state index is -1.87. The van der Waals surface area contributed by atoms with E-state index >= 15 is 0 Å². The lowest BCUT2D eigenvalue weighted by Gasteiger charge is -2.32. The number of nitrogens with two attached hydrogens (primary N) is 2. The lowest BCUT2D eigenvalue weighted by atomic mass is 9.95. The topological polar surface area (TPSA) is 500 Å². The molecule has 0 saturated carbocycles. The van der Waals surface area contributed by atoms with Crippen molar-refractivity contribution in [1.29, 1.82) is 0 Å². The molecule has 8 unspecified atom stereocenters. The number of benzene rings is 3. The molecule has 1 aromatic heterocycles. The van der Waals surface area contributed by atoms with Gasteiger partial charge in [-0.25, -0.2) is 14.4 Å². The Bertz CT molecular complexity index is 4090.